The third-order valence-corrected chi connectivity index (χ3v) is 3.89. The van der Waals surface area contributed by atoms with Gasteiger partial charge in [0.1, 0.15) is 0 Å². The van der Waals surface area contributed by atoms with Crippen LogP contribution in [0.2, 0.25) is 0 Å². The third-order valence-electron chi connectivity index (χ3n) is 3.89. The van der Waals surface area contributed by atoms with E-state index in [9.17, 15) is 0 Å². The lowest BCUT2D eigenvalue weighted by atomic mass is 10.0. The molecule has 0 saturated carbocycles. The van der Waals surface area contributed by atoms with Gasteiger partial charge in [-0.25, -0.2) is 9.97 Å². The molecule has 0 N–H and O–H groups in total. The summed E-state index contributed by atoms with van der Waals surface area (Å²) in [6.07, 6.45) is 12.6. The van der Waals surface area contributed by atoms with Crippen molar-refractivity contribution in [3.05, 3.63) is 42.2 Å². The van der Waals surface area contributed by atoms with Gasteiger partial charge in [0.2, 0.25) is 0 Å². The molecule has 0 saturated heterocycles. The van der Waals surface area contributed by atoms with Gasteiger partial charge in [0.25, 0.3) is 0 Å². The number of rotatable bonds is 9. The minimum Gasteiger partial charge on any atom is -0.494 e. The second-order valence-electron chi connectivity index (χ2n) is 5.66. The van der Waals surface area contributed by atoms with Crippen LogP contribution < -0.4 is 4.74 Å². The van der Waals surface area contributed by atoms with Gasteiger partial charge in [0, 0.05) is 5.56 Å². The minimum absolute atomic E-state index is 0.684. The van der Waals surface area contributed by atoms with Crippen molar-refractivity contribution in [3.63, 3.8) is 0 Å². The molecule has 1 aromatic carbocycles. The van der Waals surface area contributed by atoms with Gasteiger partial charge in [-0.1, -0.05) is 63.3 Å². The number of benzene rings is 1. The maximum atomic E-state index is 5.08. The van der Waals surface area contributed by atoms with E-state index in [-0.39, 0.29) is 0 Å². The van der Waals surface area contributed by atoms with E-state index in [1.54, 1.807) is 19.5 Å². The SMILES string of the molecule is CCCCCCCCc1ccc(-c2ncc(OC)cn2)cc1. The van der Waals surface area contributed by atoms with Gasteiger partial charge in [0.15, 0.2) is 11.6 Å². The lowest BCUT2D eigenvalue weighted by Gasteiger charge is -2.05. The highest BCUT2D eigenvalue weighted by molar-refractivity contribution is 5.55. The molecule has 2 aromatic rings. The number of methoxy groups -OCH3 is 1. The average Bonchev–Trinajstić information content (AvgIpc) is 2.59. The van der Waals surface area contributed by atoms with Crippen LogP contribution in [0.4, 0.5) is 0 Å². The van der Waals surface area contributed by atoms with E-state index >= 15 is 0 Å². The maximum absolute atomic E-state index is 5.08. The van der Waals surface area contributed by atoms with Crippen LogP contribution in [0.1, 0.15) is 51.0 Å². The molecule has 1 heterocycles. The Kier molecular flexibility index (Phi) is 6.88. The number of ether oxygens (including phenoxy) is 1. The second kappa shape index (κ2) is 9.19. The summed E-state index contributed by atoms with van der Waals surface area (Å²) in [6.45, 7) is 2.26. The minimum atomic E-state index is 0.684. The van der Waals surface area contributed by atoms with Crippen LogP contribution in [0, 0.1) is 0 Å². The first kappa shape index (κ1) is 16.5. The smallest absolute Gasteiger partial charge is 0.159 e. The quantitative estimate of drug-likeness (QED) is 0.607. The van der Waals surface area contributed by atoms with Crippen LogP contribution in [-0.4, -0.2) is 17.1 Å². The van der Waals surface area contributed by atoms with Crippen molar-refractivity contribution in [1.29, 1.82) is 0 Å². The molecule has 1 aromatic heterocycles. The number of aryl methyl sites for hydroxylation is 1. The zero-order chi connectivity index (χ0) is 15.6. The summed E-state index contributed by atoms with van der Waals surface area (Å²) < 4.78 is 5.08. The van der Waals surface area contributed by atoms with Gasteiger partial charge in [-0.15, -0.1) is 0 Å². The van der Waals surface area contributed by atoms with Gasteiger partial charge in [-0.2, -0.15) is 0 Å². The number of unbranched alkanes of at least 4 members (excludes halogenated alkanes) is 5. The Morgan fingerprint density at radius 2 is 1.50 bits per heavy atom. The highest BCUT2D eigenvalue weighted by Gasteiger charge is 2.02. The molecule has 0 bridgehead atoms. The average molecular weight is 298 g/mol. The number of nitrogens with zero attached hydrogens (tertiary/aromatic N) is 2. The van der Waals surface area contributed by atoms with Gasteiger partial charge in [-0.05, 0) is 18.4 Å². The first-order chi connectivity index (χ1) is 10.8. The Morgan fingerprint density at radius 1 is 0.864 bits per heavy atom. The van der Waals surface area contributed by atoms with Crippen LogP contribution in [0.25, 0.3) is 11.4 Å². The third kappa shape index (κ3) is 5.14. The predicted molar refractivity (Wildman–Crippen MR) is 91.1 cm³/mol. The van der Waals surface area contributed by atoms with Crippen molar-refractivity contribution in [2.24, 2.45) is 0 Å². The summed E-state index contributed by atoms with van der Waals surface area (Å²) in [5.74, 6) is 1.43. The highest BCUT2D eigenvalue weighted by atomic mass is 16.5. The van der Waals surface area contributed by atoms with Crippen molar-refractivity contribution in [1.82, 2.24) is 9.97 Å². The first-order valence-corrected chi connectivity index (χ1v) is 8.29. The Hall–Kier alpha value is -1.90. The summed E-state index contributed by atoms with van der Waals surface area (Å²) in [6, 6.07) is 8.59. The molecule has 0 radical (unpaired) electrons. The van der Waals surface area contributed by atoms with E-state index in [1.807, 2.05) is 0 Å². The Balaban J connectivity index is 1.82. The van der Waals surface area contributed by atoms with Crippen molar-refractivity contribution in [2.75, 3.05) is 7.11 Å². The molecule has 0 atom stereocenters. The molecule has 118 valence electrons. The summed E-state index contributed by atoms with van der Waals surface area (Å²) in [4.78, 5) is 8.63. The monoisotopic (exact) mass is 298 g/mol. The van der Waals surface area contributed by atoms with E-state index in [0.717, 1.165) is 17.8 Å². The molecule has 0 aliphatic carbocycles. The summed E-state index contributed by atoms with van der Waals surface area (Å²) in [5.41, 5.74) is 2.45. The summed E-state index contributed by atoms with van der Waals surface area (Å²) in [5, 5.41) is 0. The van der Waals surface area contributed by atoms with Crippen LogP contribution in [0.15, 0.2) is 36.7 Å². The van der Waals surface area contributed by atoms with Crippen molar-refractivity contribution >= 4 is 0 Å². The molecule has 0 aliphatic rings. The van der Waals surface area contributed by atoms with Crippen molar-refractivity contribution in [3.8, 4) is 17.1 Å². The van der Waals surface area contributed by atoms with Crippen LogP contribution >= 0.6 is 0 Å². The van der Waals surface area contributed by atoms with Crippen molar-refractivity contribution < 1.29 is 4.74 Å². The number of aromatic nitrogens is 2. The Labute approximate surface area is 133 Å². The maximum Gasteiger partial charge on any atom is 0.159 e. The highest BCUT2D eigenvalue weighted by Crippen LogP contribution is 2.18. The van der Waals surface area contributed by atoms with E-state index < -0.39 is 0 Å². The fourth-order valence-electron chi connectivity index (χ4n) is 2.50. The summed E-state index contributed by atoms with van der Waals surface area (Å²) in [7, 11) is 1.62. The van der Waals surface area contributed by atoms with Crippen molar-refractivity contribution in [2.45, 2.75) is 51.9 Å². The lowest BCUT2D eigenvalue weighted by molar-refractivity contribution is 0.411. The van der Waals surface area contributed by atoms with E-state index in [4.69, 9.17) is 4.74 Å². The molecule has 0 spiro atoms. The predicted octanol–water partition coefficient (Wildman–Crippen LogP) is 5.06. The second-order valence-corrected chi connectivity index (χ2v) is 5.66. The topological polar surface area (TPSA) is 35.0 Å². The van der Waals surface area contributed by atoms with Gasteiger partial charge in [0.05, 0.1) is 19.5 Å². The molecule has 0 amide bonds. The van der Waals surface area contributed by atoms with Crippen LogP contribution in [-0.2, 0) is 6.42 Å². The molecule has 2 rings (SSSR count). The molecule has 0 unspecified atom stereocenters. The normalized spacial score (nSPS) is 10.6. The summed E-state index contributed by atoms with van der Waals surface area (Å²) >= 11 is 0. The first-order valence-electron chi connectivity index (χ1n) is 8.29. The van der Waals surface area contributed by atoms with E-state index in [2.05, 4.69) is 41.2 Å². The largest absolute Gasteiger partial charge is 0.494 e. The molecular formula is C19H26N2O. The molecule has 22 heavy (non-hydrogen) atoms. The fourth-order valence-corrected chi connectivity index (χ4v) is 2.50. The molecule has 3 heteroatoms. The molecule has 0 aliphatic heterocycles. The Bertz CT molecular complexity index is 534. The molecule has 0 fully saturated rings. The van der Waals surface area contributed by atoms with Gasteiger partial charge < -0.3 is 4.74 Å². The molecule has 3 nitrogen and oxygen atoms in total. The van der Waals surface area contributed by atoms with Crippen LogP contribution in [0.5, 0.6) is 5.75 Å². The van der Waals surface area contributed by atoms with Gasteiger partial charge in [-0.3, -0.25) is 0 Å². The number of hydrogen-bond donors (Lipinski definition) is 0. The zero-order valence-electron chi connectivity index (χ0n) is 13.7. The molecular weight excluding hydrogens is 272 g/mol. The van der Waals surface area contributed by atoms with E-state index in [1.165, 1.54) is 44.1 Å². The van der Waals surface area contributed by atoms with Crippen LogP contribution in [0.3, 0.4) is 0 Å². The van der Waals surface area contributed by atoms with Gasteiger partial charge >= 0.3 is 0 Å². The Morgan fingerprint density at radius 3 is 2.14 bits per heavy atom. The lowest BCUT2D eigenvalue weighted by Crippen LogP contribution is -1.92. The standard InChI is InChI=1S/C19H26N2O/c1-3-4-5-6-7-8-9-16-10-12-17(13-11-16)19-20-14-18(22-2)15-21-19/h10-15H,3-9H2,1-2H3. The zero-order valence-corrected chi connectivity index (χ0v) is 13.7. The number of hydrogen-bond acceptors (Lipinski definition) is 3. The fraction of sp³-hybridized carbons (Fsp3) is 0.474. The van der Waals surface area contributed by atoms with E-state index in [0.29, 0.717) is 5.75 Å².